The Kier molecular flexibility index (Phi) is 48.5. The SMILES string of the molecule is CCCCCCCC/C=C\CCCCCCCC(=O)OCC(COC(OCC[N+](C)(C)C)C(=O)O)OC(=O)CCCCCCCCCCCCCCCCC/C=C\CCCCCCCCCC. The topological polar surface area (TPSA) is 108 Å². The lowest BCUT2D eigenvalue weighted by atomic mass is 10.0. The maximum absolute atomic E-state index is 12.9. The van der Waals surface area contributed by atoms with Gasteiger partial charge in [0.25, 0.3) is 6.29 Å². The quantitative estimate of drug-likeness (QED) is 0.0211. The Hall–Kier alpha value is -2.23. The molecule has 394 valence electrons. The summed E-state index contributed by atoms with van der Waals surface area (Å²) in [6.45, 7) is 4.90. The normalized spacial score (nSPS) is 12.9. The molecule has 9 heteroatoms. The van der Waals surface area contributed by atoms with Crippen LogP contribution in [0.5, 0.6) is 0 Å². The van der Waals surface area contributed by atoms with Crippen LogP contribution < -0.4 is 0 Å². The van der Waals surface area contributed by atoms with Crippen LogP contribution in [0.4, 0.5) is 0 Å². The fourth-order valence-corrected chi connectivity index (χ4v) is 8.24. The molecule has 0 aliphatic rings. The van der Waals surface area contributed by atoms with Gasteiger partial charge in [-0.2, -0.15) is 0 Å². The van der Waals surface area contributed by atoms with E-state index in [9.17, 15) is 19.5 Å². The number of nitrogens with zero attached hydrogens (tertiary/aromatic N) is 1. The molecule has 0 rings (SSSR count). The van der Waals surface area contributed by atoms with E-state index < -0.39 is 24.3 Å². The minimum absolute atomic E-state index is 0.182. The molecule has 0 bridgehead atoms. The highest BCUT2D eigenvalue weighted by atomic mass is 16.7. The maximum Gasteiger partial charge on any atom is 0.361 e. The van der Waals surface area contributed by atoms with Crippen molar-refractivity contribution >= 4 is 17.9 Å². The van der Waals surface area contributed by atoms with Gasteiger partial charge in [0.2, 0.25) is 0 Å². The molecule has 0 aliphatic carbocycles. The van der Waals surface area contributed by atoms with E-state index in [-0.39, 0.29) is 32.2 Å². The average molecular weight is 950 g/mol. The summed E-state index contributed by atoms with van der Waals surface area (Å²) in [4.78, 5) is 37.3. The lowest BCUT2D eigenvalue weighted by Crippen LogP contribution is -2.40. The van der Waals surface area contributed by atoms with Gasteiger partial charge in [0.15, 0.2) is 6.10 Å². The summed E-state index contributed by atoms with van der Waals surface area (Å²) in [7, 11) is 5.97. The average Bonchev–Trinajstić information content (AvgIpc) is 3.29. The predicted molar refractivity (Wildman–Crippen MR) is 281 cm³/mol. The highest BCUT2D eigenvalue weighted by Crippen LogP contribution is 2.16. The minimum Gasteiger partial charge on any atom is -0.477 e. The first kappa shape index (κ1) is 64.8. The van der Waals surface area contributed by atoms with E-state index >= 15 is 0 Å². The van der Waals surface area contributed by atoms with Crippen LogP contribution in [0.15, 0.2) is 24.3 Å². The molecule has 0 saturated carbocycles. The minimum atomic E-state index is -1.51. The van der Waals surface area contributed by atoms with Gasteiger partial charge in [-0.05, 0) is 64.2 Å². The number of carboxylic acid groups (broad SMARTS) is 1. The van der Waals surface area contributed by atoms with Gasteiger partial charge in [-0.25, -0.2) is 4.79 Å². The summed E-state index contributed by atoms with van der Waals surface area (Å²) < 4.78 is 22.9. The molecule has 1 N–H and O–H groups in total. The number of hydrogen-bond acceptors (Lipinski definition) is 7. The Morgan fingerprint density at radius 2 is 0.761 bits per heavy atom. The van der Waals surface area contributed by atoms with Crippen molar-refractivity contribution in [2.24, 2.45) is 0 Å². The molecule has 0 amide bonds. The third kappa shape index (κ3) is 51.4. The summed E-state index contributed by atoms with van der Waals surface area (Å²) in [6.07, 6.45) is 55.4. The monoisotopic (exact) mass is 949 g/mol. The molecule has 2 unspecified atom stereocenters. The van der Waals surface area contributed by atoms with Gasteiger partial charge >= 0.3 is 17.9 Å². The highest BCUT2D eigenvalue weighted by molar-refractivity contribution is 5.71. The van der Waals surface area contributed by atoms with Crippen LogP contribution in [0.3, 0.4) is 0 Å². The number of ether oxygens (including phenoxy) is 4. The second-order valence-electron chi connectivity index (χ2n) is 20.6. The summed E-state index contributed by atoms with van der Waals surface area (Å²) in [5.41, 5.74) is 0. The number of rotatable bonds is 53. The first-order valence-electron chi connectivity index (χ1n) is 28.5. The zero-order chi connectivity index (χ0) is 49.2. The standard InChI is InChI=1S/C58H109NO8/c1-6-8-10-12-14-16-18-20-22-23-24-25-26-27-28-29-30-31-32-33-35-37-39-41-43-45-47-49-56(61)67-54(53-66-58(57(62)63)64-51-50-59(3,4)5)52-65-55(60)48-46-44-42-40-38-36-34-21-19-17-15-13-11-9-7-2/h21,23-24,34,54,58H,6-20,22,25-33,35-53H2,1-5H3/p+1/b24-23-,34-21-. The molecule has 0 aromatic heterocycles. The fourth-order valence-electron chi connectivity index (χ4n) is 8.24. The molecule has 0 saturated heterocycles. The Morgan fingerprint density at radius 3 is 1.10 bits per heavy atom. The molecule has 0 aromatic rings. The number of carbonyl (C=O) groups excluding carboxylic acids is 2. The van der Waals surface area contributed by atoms with E-state index in [1.807, 2.05) is 21.1 Å². The second kappa shape index (κ2) is 50.2. The number of allylic oxidation sites excluding steroid dienone is 4. The van der Waals surface area contributed by atoms with Crippen LogP contribution in [0.1, 0.15) is 271 Å². The van der Waals surface area contributed by atoms with E-state index in [1.165, 1.54) is 193 Å². The Morgan fingerprint density at radius 1 is 0.433 bits per heavy atom. The zero-order valence-corrected chi connectivity index (χ0v) is 44.8. The summed E-state index contributed by atoms with van der Waals surface area (Å²) in [5, 5.41) is 9.68. The van der Waals surface area contributed by atoms with E-state index in [2.05, 4.69) is 38.2 Å². The summed E-state index contributed by atoms with van der Waals surface area (Å²) in [5.74, 6) is -2.00. The number of hydrogen-bond donors (Lipinski definition) is 1. The number of quaternary nitrogens is 1. The molecule has 9 nitrogen and oxygen atoms in total. The van der Waals surface area contributed by atoms with Gasteiger partial charge in [-0.15, -0.1) is 0 Å². The van der Waals surface area contributed by atoms with Crippen molar-refractivity contribution in [2.45, 2.75) is 283 Å². The van der Waals surface area contributed by atoms with Crippen LogP contribution in [0.2, 0.25) is 0 Å². The van der Waals surface area contributed by atoms with Crippen molar-refractivity contribution in [1.82, 2.24) is 0 Å². The lowest BCUT2D eigenvalue weighted by molar-refractivity contribution is -0.870. The Balaban J connectivity index is 4.18. The number of carbonyl (C=O) groups is 3. The molecule has 0 fully saturated rings. The maximum atomic E-state index is 12.9. The number of unbranched alkanes of at least 4 members (excludes halogenated alkanes) is 34. The van der Waals surface area contributed by atoms with Crippen molar-refractivity contribution in [3.05, 3.63) is 24.3 Å². The Bertz CT molecular complexity index is 1150. The second-order valence-corrected chi connectivity index (χ2v) is 20.6. The molecular formula is C58H110NO8+. The molecule has 0 aromatic carbocycles. The third-order valence-corrected chi connectivity index (χ3v) is 12.7. The highest BCUT2D eigenvalue weighted by Gasteiger charge is 2.25. The molecule has 0 heterocycles. The van der Waals surface area contributed by atoms with E-state index in [0.717, 1.165) is 51.4 Å². The van der Waals surface area contributed by atoms with Gasteiger partial charge in [-0.1, -0.05) is 218 Å². The number of likely N-dealkylation sites (N-methyl/N-ethyl adjacent to an activating group) is 1. The van der Waals surface area contributed by atoms with E-state index in [1.54, 1.807) is 0 Å². The van der Waals surface area contributed by atoms with Crippen molar-refractivity contribution < 1.29 is 42.9 Å². The number of carboxylic acids is 1. The van der Waals surface area contributed by atoms with Crippen molar-refractivity contribution in [3.63, 3.8) is 0 Å². The molecule has 0 spiro atoms. The summed E-state index contributed by atoms with van der Waals surface area (Å²) in [6, 6.07) is 0. The van der Waals surface area contributed by atoms with Crippen LogP contribution in [0, 0.1) is 0 Å². The smallest absolute Gasteiger partial charge is 0.361 e. The van der Waals surface area contributed by atoms with Crippen LogP contribution in [0.25, 0.3) is 0 Å². The van der Waals surface area contributed by atoms with Gasteiger partial charge in [0.05, 0.1) is 34.4 Å². The Labute approximate surface area is 414 Å². The lowest BCUT2D eigenvalue weighted by Gasteiger charge is -2.25. The largest absolute Gasteiger partial charge is 0.477 e. The number of aliphatic carboxylic acids is 1. The first-order chi connectivity index (χ1) is 32.6. The molecule has 2 atom stereocenters. The van der Waals surface area contributed by atoms with Crippen molar-refractivity contribution in [2.75, 3.05) is 47.5 Å². The van der Waals surface area contributed by atoms with E-state index in [4.69, 9.17) is 18.9 Å². The van der Waals surface area contributed by atoms with Gasteiger partial charge in [-0.3, -0.25) is 9.59 Å². The zero-order valence-electron chi connectivity index (χ0n) is 44.8. The molecule has 0 radical (unpaired) electrons. The van der Waals surface area contributed by atoms with Gasteiger partial charge in [0.1, 0.15) is 13.2 Å². The third-order valence-electron chi connectivity index (χ3n) is 12.7. The van der Waals surface area contributed by atoms with Crippen molar-refractivity contribution in [3.8, 4) is 0 Å². The molecule has 67 heavy (non-hydrogen) atoms. The fraction of sp³-hybridized carbons (Fsp3) is 0.879. The van der Waals surface area contributed by atoms with E-state index in [0.29, 0.717) is 17.4 Å². The number of esters is 2. The summed E-state index contributed by atoms with van der Waals surface area (Å²) >= 11 is 0. The van der Waals surface area contributed by atoms with Crippen LogP contribution in [-0.4, -0.2) is 87.4 Å². The predicted octanol–water partition coefficient (Wildman–Crippen LogP) is 16.3. The molecule has 0 aliphatic heterocycles. The first-order valence-corrected chi connectivity index (χ1v) is 28.5. The van der Waals surface area contributed by atoms with Crippen LogP contribution in [-0.2, 0) is 33.3 Å². The van der Waals surface area contributed by atoms with Crippen LogP contribution >= 0.6 is 0 Å². The molecular weight excluding hydrogens is 839 g/mol. The van der Waals surface area contributed by atoms with Crippen molar-refractivity contribution in [1.29, 1.82) is 0 Å². The van der Waals surface area contributed by atoms with Gasteiger partial charge in [0, 0.05) is 12.8 Å². The van der Waals surface area contributed by atoms with Gasteiger partial charge < -0.3 is 28.5 Å².